The summed E-state index contributed by atoms with van der Waals surface area (Å²) in [5.41, 5.74) is 2.81. The quantitative estimate of drug-likeness (QED) is 0.506. The van der Waals surface area contributed by atoms with Crippen LogP contribution >= 0.6 is 0 Å². The van der Waals surface area contributed by atoms with Gasteiger partial charge < -0.3 is 19.9 Å². The third-order valence-electron chi connectivity index (χ3n) is 5.54. The van der Waals surface area contributed by atoms with Gasteiger partial charge in [0.15, 0.2) is 0 Å². The average Bonchev–Trinajstić information content (AvgIpc) is 2.88. The van der Waals surface area contributed by atoms with Crippen LogP contribution in [0.25, 0.3) is 6.08 Å². The van der Waals surface area contributed by atoms with Crippen molar-refractivity contribution in [3.8, 4) is 5.75 Å². The smallest absolute Gasteiger partial charge is 0.248 e. The number of aromatic nitrogens is 1. The molecule has 1 aliphatic rings. The molecule has 0 spiro atoms. The van der Waals surface area contributed by atoms with E-state index in [1.807, 2.05) is 42.5 Å². The molecular weight excluding hydrogens is 412 g/mol. The normalized spacial score (nSPS) is 13.8. The molecule has 1 fully saturated rings. The number of carbonyl (C=O) groups is 1. The number of para-hydroxylation sites is 2. The molecule has 2 aromatic carbocycles. The molecule has 0 aliphatic carbocycles. The van der Waals surface area contributed by atoms with Crippen LogP contribution in [0.3, 0.4) is 0 Å². The lowest BCUT2D eigenvalue weighted by Crippen LogP contribution is -2.46. The number of piperazine rings is 1. The number of nitrogens with zero attached hydrogens (tertiary/aromatic N) is 3. The van der Waals surface area contributed by atoms with Crippen molar-refractivity contribution >= 4 is 29.2 Å². The zero-order valence-corrected chi connectivity index (χ0v) is 19.0. The van der Waals surface area contributed by atoms with Crippen molar-refractivity contribution < 1.29 is 9.53 Å². The van der Waals surface area contributed by atoms with Crippen LogP contribution in [0.5, 0.6) is 5.75 Å². The van der Waals surface area contributed by atoms with Crippen molar-refractivity contribution in [2.75, 3.05) is 47.9 Å². The molecule has 170 valence electrons. The molecule has 6 nitrogen and oxygen atoms in total. The fourth-order valence-electron chi connectivity index (χ4n) is 3.79. The van der Waals surface area contributed by atoms with Crippen LogP contribution in [0, 0.1) is 0 Å². The molecule has 33 heavy (non-hydrogen) atoms. The predicted molar refractivity (Wildman–Crippen MR) is 135 cm³/mol. The summed E-state index contributed by atoms with van der Waals surface area (Å²) in [6, 6.07) is 22.1. The zero-order chi connectivity index (χ0) is 22.9. The molecule has 0 radical (unpaired) electrons. The van der Waals surface area contributed by atoms with E-state index in [9.17, 15) is 4.79 Å². The fourth-order valence-corrected chi connectivity index (χ4v) is 3.79. The van der Waals surface area contributed by atoms with E-state index in [0.29, 0.717) is 12.3 Å². The van der Waals surface area contributed by atoms with E-state index < -0.39 is 0 Å². The summed E-state index contributed by atoms with van der Waals surface area (Å²) in [4.78, 5) is 21.6. The lowest BCUT2D eigenvalue weighted by Gasteiger charge is -2.36. The minimum atomic E-state index is -0.202. The molecule has 1 aliphatic heterocycles. The zero-order valence-electron chi connectivity index (χ0n) is 19.0. The highest BCUT2D eigenvalue weighted by Crippen LogP contribution is 2.21. The highest BCUT2D eigenvalue weighted by Gasteiger charge is 2.18. The summed E-state index contributed by atoms with van der Waals surface area (Å²) >= 11 is 0. The van der Waals surface area contributed by atoms with Crippen molar-refractivity contribution in [1.82, 2.24) is 4.98 Å². The van der Waals surface area contributed by atoms with Gasteiger partial charge in [-0.25, -0.2) is 4.98 Å². The maximum absolute atomic E-state index is 12.4. The Bertz CT molecular complexity index is 1060. The number of hydrogen-bond donors (Lipinski definition) is 1. The van der Waals surface area contributed by atoms with Crippen LogP contribution in [0.4, 0.5) is 17.2 Å². The molecule has 0 unspecified atom stereocenters. The van der Waals surface area contributed by atoms with Crippen LogP contribution in [0.15, 0.2) is 79.0 Å². The Hall–Kier alpha value is -3.80. The van der Waals surface area contributed by atoms with Gasteiger partial charge in [-0.1, -0.05) is 43.3 Å². The number of hydrogen-bond acceptors (Lipinski definition) is 5. The van der Waals surface area contributed by atoms with Gasteiger partial charge in [-0.2, -0.15) is 0 Å². The number of ether oxygens (including phenoxy) is 1. The van der Waals surface area contributed by atoms with E-state index in [4.69, 9.17) is 4.74 Å². The summed E-state index contributed by atoms with van der Waals surface area (Å²) in [5, 5.41) is 2.88. The highest BCUT2D eigenvalue weighted by molar-refractivity contribution is 6.02. The molecule has 1 saturated heterocycles. The number of anilines is 3. The highest BCUT2D eigenvalue weighted by atomic mass is 16.5. The van der Waals surface area contributed by atoms with Gasteiger partial charge in [0.25, 0.3) is 0 Å². The van der Waals surface area contributed by atoms with E-state index in [0.717, 1.165) is 49.7 Å². The van der Waals surface area contributed by atoms with Gasteiger partial charge in [-0.15, -0.1) is 0 Å². The summed E-state index contributed by atoms with van der Waals surface area (Å²) in [7, 11) is 0. The second-order valence-electron chi connectivity index (χ2n) is 7.92. The molecule has 1 N–H and O–H groups in total. The number of amides is 1. The first-order chi connectivity index (χ1) is 16.2. The molecule has 1 aromatic heterocycles. The number of nitrogens with one attached hydrogen (secondary N) is 1. The first-order valence-corrected chi connectivity index (χ1v) is 11.4. The average molecular weight is 443 g/mol. The summed E-state index contributed by atoms with van der Waals surface area (Å²) in [5.74, 6) is 1.51. The van der Waals surface area contributed by atoms with E-state index >= 15 is 0 Å². The van der Waals surface area contributed by atoms with Crippen molar-refractivity contribution in [2.45, 2.75) is 13.3 Å². The van der Waals surface area contributed by atoms with E-state index in [1.54, 1.807) is 12.3 Å². The van der Waals surface area contributed by atoms with Gasteiger partial charge >= 0.3 is 0 Å². The van der Waals surface area contributed by atoms with Crippen LogP contribution in [0.1, 0.15) is 18.9 Å². The first kappa shape index (κ1) is 22.4. The molecule has 2 heterocycles. The number of pyridine rings is 1. The predicted octanol–water partition coefficient (Wildman–Crippen LogP) is 4.85. The molecule has 0 bridgehead atoms. The maximum atomic E-state index is 12.4. The lowest BCUT2D eigenvalue weighted by molar-refractivity contribution is -0.111. The van der Waals surface area contributed by atoms with Crippen LogP contribution in [0.2, 0.25) is 0 Å². The van der Waals surface area contributed by atoms with Gasteiger partial charge in [0.2, 0.25) is 5.91 Å². The third-order valence-corrected chi connectivity index (χ3v) is 5.54. The SMILES string of the molecule is CCCOc1ccccc1/C=C/C(=O)Nc1ccc(N2CCN(c3ccccc3)CC2)nc1. The second-order valence-corrected chi connectivity index (χ2v) is 7.92. The second kappa shape index (κ2) is 11.2. The molecule has 3 aromatic rings. The molecule has 4 rings (SSSR count). The monoisotopic (exact) mass is 442 g/mol. The Labute approximate surface area is 195 Å². The van der Waals surface area contributed by atoms with Crippen molar-refractivity contribution in [2.24, 2.45) is 0 Å². The van der Waals surface area contributed by atoms with Crippen molar-refractivity contribution in [1.29, 1.82) is 0 Å². The molecule has 0 atom stereocenters. The lowest BCUT2D eigenvalue weighted by atomic mass is 10.2. The number of carbonyl (C=O) groups excluding carboxylic acids is 1. The van der Waals surface area contributed by atoms with E-state index in [2.05, 4.69) is 51.3 Å². The Kier molecular flexibility index (Phi) is 7.59. The molecule has 1 amide bonds. The van der Waals surface area contributed by atoms with Crippen LogP contribution < -0.4 is 19.9 Å². The molecular formula is C27H30N4O2. The number of rotatable bonds is 8. The van der Waals surface area contributed by atoms with Gasteiger partial charge in [-0.05, 0) is 42.8 Å². The summed E-state index contributed by atoms with van der Waals surface area (Å²) in [6.07, 6.45) is 5.94. The molecule has 6 heteroatoms. The fraction of sp³-hybridized carbons (Fsp3) is 0.259. The van der Waals surface area contributed by atoms with Crippen LogP contribution in [-0.2, 0) is 4.79 Å². The standard InChI is InChI=1S/C27H30N4O2/c1-2-20-33-25-11-7-6-8-22(25)12-15-27(32)29-23-13-14-26(28-21-23)31-18-16-30(17-19-31)24-9-4-3-5-10-24/h3-15,21H,2,16-20H2,1H3,(H,29,32)/b15-12+. The Morgan fingerprint density at radius 1 is 0.970 bits per heavy atom. The minimum Gasteiger partial charge on any atom is -0.493 e. The first-order valence-electron chi connectivity index (χ1n) is 11.4. The van der Waals surface area contributed by atoms with E-state index in [1.165, 1.54) is 11.8 Å². The van der Waals surface area contributed by atoms with Crippen molar-refractivity contribution in [3.05, 3.63) is 84.6 Å². The Morgan fingerprint density at radius 3 is 2.42 bits per heavy atom. The van der Waals surface area contributed by atoms with Gasteiger partial charge in [0, 0.05) is 43.5 Å². The minimum absolute atomic E-state index is 0.202. The van der Waals surface area contributed by atoms with Gasteiger partial charge in [-0.3, -0.25) is 4.79 Å². The largest absolute Gasteiger partial charge is 0.493 e. The van der Waals surface area contributed by atoms with Gasteiger partial charge in [0.05, 0.1) is 18.5 Å². The summed E-state index contributed by atoms with van der Waals surface area (Å²) in [6.45, 7) is 6.45. The van der Waals surface area contributed by atoms with E-state index in [-0.39, 0.29) is 5.91 Å². The Morgan fingerprint density at radius 2 is 1.70 bits per heavy atom. The molecule has 0 saturated carbocycles. The van der Waals surface area contributed by atoms with Crippen molar-refractivity contribution in [3.63, 3.8) is 0 Å². The van der Waals surface area contributed by atoms with Crippen LogP contribution in [-0.4, -0.2) is 43.7 Å². The maximum Gasteiger partial charge on any atom is 0.248 e. The Balaban J connectivity index is 1.30. The third kappa shape index (κ3) is 6.13. The summed E-state index contributed by atoms with van der Waals surface area (Å²) < 4.78 is 5.74. The van der Waals surface area contributed by atoms with Gasteiger partial charge in [0.1, 0.15) is 11.6 Å². The topological polar surface area (TPSA) is 57.7 Å². The number of benzene rings is 2.